The Kier molecular flexibility index (Phi) is 4.37. The first-order valence-electron chi connectivity index (χ1n) is 4.93. The van der Waals surface area contributed by atoms with Gasteiger partial charge in [-0.1, -0.05) is 25.1 Å². The van der Waals surface area contributed by atoms with Gasteiger partial charge in [0.1, 0.15) is 5.75 Å². The molecule has 0 radical (unpaired) electrons. The highest BCUT2D eigenvalue weighted by molar-refractivity contribution is 5.75. The number of carbonyl (C=O) groups is 1. The highest BCUT2D eigenvalue weighted by Crippen LogP contribution is 2.20. The maximum Gasteiger partial charge on any atom is 0.575 e. The lowest BCUT2D eigenvalue weighted by Gasteiger charge is -2.17. The Morgan fingerprint density at radius 1 is 1.29 bits per heavy atom. The van der Waals surface area contributed by atoms with Crippen LogP contribution in [0.5, 0.6) is 5.75 Å². The van der Waals surface area contributed by atoms with Crippen LogP contribution >= 0.6 is 0 Å². The number of para-hydroxylation sites is 1. The third-order valence-corrected chi connectivity index (χ3v) is 1.87. The molecule has 0 aliphatic carbocycles. The molecule has 0 fully saturated rings. The zero-order valence-electron chi connectivity index (χ0n) is 9.03. The summed E-state index contributed by atoms with van der Waals surface area (Å²) in [6.07, 6.45) is -6.16. The Hall–Kier alpha value is -1.72. The maximum absolute atomic E-state index is 11.8. The van der Waals surface area contributed by atoms with Crippen molar-refractivity contribution in [1.82, 2.24) is 0 Å². The molecule has 17 heavy (non-hydrogen) atoms. The van der Waals surface area contributed by atoms with Crippen molar-refractivity contribution in [2.45, 2.75) is 25.8 Å². The van der Waals surface area contributed by atoms with E-state index in [2.05, 4.69) is 4.74 Å². The number of alkyl halides is 3. The van der Waals surface area contributed by atoms with Crippen LogP contribution in [0.1, 0.15) is 13.3 Å². The number of benzene rings is 1. The van der Waals surface area contributed by atoms with E-state index in [9.17, 15) is 18.0 Å². The first-order chi connectivity index (χ1) is 7.92. The van der Waals surface area contributed by atoms with Crippen LogP contribution in [-0.4, -0.2) is 18.4 Å². The van der Waals surface area contributed by atoms with Gasteiger partial charge in [-0.05, 0) is 18.6 Å². The number of rotatable bonds is 4. The molecule has 0 amide bonds. The van der Waals surface area contributed by atoms with Crippen molar-refractivity contribution in [2.75, 3.05) is 0 Å². The van der Waals surface area contributed by atoms with Crippen molar-refractivity contribution in [3.63, 3.8) is 0 Å². The number of carbonyl (C=O) groups excluding carboxylic acids is 1. The van der Waals surface area contributed by atoms with Gasteiger partial charge in [0.2, 0.25) is 0 Å². The van der Waals surface area contributed by atoms with E-state index < -0.39 is 18.4 Å². The van der Waals surface area contributed by atoms with Gasteiger partial charge in [0, 0.05) is 0 Å². The van der Waals surface area contributed by atoms with Crippen LogP contribution in [0.25, 0.3) is 0 Å². The number of ether oxygens (including phenoxy) is 2. The molecule has 3 nitrogen and oxygen atoms in total. The number of hydrogen-bond donors (Lipinski definition) is 0. The lowest BCUT2D eigenvalue weighted by atomic mass is 10.2. The Bertz CT molecular complexity index is 362. The van der Waals surface area contributed by atoms with Crippen molar-refractivity contribution in [1.29, 1.82) is 0 Å². The van der Waals surface area contributed by atoms with Crippen LogP contribution in [0.2, 0.25) is 0 Å². The minimum absolute atomic E-state index is 0.0871. The minimum atomic E-state index is -4.98. The monoisotopic (exact) mass is 248 g/mol. The molecule has 1 aromatic carbocycles. The van der Waals surface area contributed by atoms with Crippen molar-refractivity contribution >= 4 is 5.97 Å². The third kappa shape index (κ3) is 4.76. The summed E-state index contributed by atoms with van der Waals surface area (Å²) in [4.78, 5) is 11.1. The molecule has 0 spiro atoms. The molecular formula is C11H11F3O3. The van der Waals surface area contributed by atoms with Crippen LogP contribution in [-0.2, 0) is 9.53 Å². The number of halogens is 3. The molecule has 0 bridgehead atoms. The summed E-state index contributed by atoms with van der Waals surface area (Å²) in [5.74, 6) is -1.12. The standard InChI is InChI=1S/C11H11F3O3/c1-2-9(10(15)17-11(12,13)14)16-8-6-4-3-5-7-8/h3-7,9H,2H2,1H3. The fourth-order valence-corrected chi connectivity index (χ4v) is 1.14. The van der Waals surface area contributed by atoms with Crippen LogP contribution in [0, 0.1) is 0 Å². The van der Waals surface area contributed by atoms with Gasteiger partial charge in [0.15, 0.2) is 6.10 Å². The molecule has 94 valence electrons. The van der Waals surface area contributed by atoms with Gasteiger partial charge in [-0.3, -0.25) is 0 Å². The van der Waals surface area contributed by atoms with E-state index in [1.165, 1.54) is 6.92 Å². The van der Waals surface area contributed by atoms with Gasteiger partial charge in [0.25, 0.3) is 0 Å². The fourth-order valence-electron chi connectivity index (χ4n) is 1.14. The van der Waals surface area contributed by atoms with Crippen LogP contribution in [0.3, 0.4) is 0 Å². The molecule has 0 heterocycles. The van der Waals surface area contributed by atoms with Crippen molar-refractivity contribution in [2.24, 2.45) is 0 Å². The smallest absolute Gasteiger partial charge is 0.479 e. The van der Waals surface area contributed by atoms with Gasteiger partial charge in [-0.25, -0.2) is 4.79 Å². The Morgan fingerprint density at radius 2 is 1.88 bits per heavy atom. The molecule has 1 unspecified atom stereocenters. The van der Waals surface area contributed by atoms with Gasteiger partial charge < -0.3 is 9.47 Å². The SMILES string of the molecule is CCC(Oc1ccccc1)C(=O)OC(F)(F)F. The molecule has 0 aliphatic heterocycles. The van der Waals surface area contributed by atoms with E-state index in [0.717, 1.165) is 0 Å². The first-order valence-corrected chi connectivity index (χ1v) is 4.93. The molecule has 0 aliphatic rings. The third-order valence-electron chi connectivity index (χ3n) is 1.87. The van der Waals surface area contributed by atoms with E-state index in [-0.39, 0.29) is 6.42 Å². The average molecular weight is 248 g/mol. The Morgan fingerprint density at radius 3 is 2.35 bits per heavy atom. The van der Waals surface area contributed by atoms with Crippen LogP contribution in [0.4, 0.5) is 13.2 Å². The number of hydrogen-bond acceptors (Lipinski definition) is 3. The Labute approximate surface area is 96.1 Å². The highest BCUT2D eigenvalue weighted by atomic mass is 19.4. The number of esters is 1. The molecule has 1 atom stereocenters. The predicted octanol–water partition coefficient (Wildman–Crippen LogP) is 2.91. The quantitative estimate of drug-likeness (QED) is 0.768. The second-order valence-electron chi connectivity index (χ2n) is 3.19. The predicted molar refractivity (Wildman–Crippen MR) is 53.3 cm³/mol. The van der Waals surface area contributed by atoms with E-state index in [1.54, 1.807) is 30.3 Å². The summed E-state index contributed by atoms with van der Waals surface area (Å²) >= 11 is 0. The minimum Gasteiger partial charge on any atom is -0.479 e. The van der Waals surface area contributed by atoms with E-state index in [4.69, 9.17) is 4.74 Å². The maximum atomic E-state index is 11.8. The van der Waals surface area contributed by atoms with Gasteiger partial charge in [-0.2, -0.15) is 0 Å². The van der Waals surface area contributed by atoms with E-state index >= 15 is 0 Å². The molecule has 6 heteroatoms. The zero-order valence-corrected chi connectivity index (χ0v) is 9.03. The molecule has 1 rings (SSSR count). The second kappa shape index (κ2) is 5.56. The molecule has 1 aromatic rings. The molecule has 0 aromatic heterocycles. The molecular weight excluding hydrogens is 237 g/mol. The van der Waals surface area contributed by atoms with E-state index in [1.807, 2.05) is 0 Å². The average Bonchev–Trinajstić information content (AvgIpc) is 2.24. The summed E-state index contributed by atoms with van der Waals surface area (Å²) in [6, 6.07) is 8.11. The topological polar surface area (TPSA) is 35.5 Å². The Balaban J connectivity index is 2.63. The van der Waals surface area contributed by atoms with Crippen molar-refractivity contribution < 1.29 is 27.4 Å². The largest absolute Gasteiger partial charge is 0.575 e. The summed E-state index contributed by atoms with van der Waals surface area (Å²) in [6.45, 7) is 1.53. The lowest BCUT2D eigenvalue weighted by Crippen LogP contribution is -2.33. The molecule has 0 N–H and O–H groups in total. The van der Waals surface area contributed by atoms with Crippen LogP contribution in [0.15, 0.2) is 30.3 Å². The van der Waals surface area contributed by atoms with Crippen molar-refractivity contribution in [3.8, 4) is 5.75 Å². The second-order valence-corrected chi connectivity index (χ2v) is 3.19. The molecule has 0 saturated carbocycles. The zero-order chi connectivity index (χ0) is 12.9. The summed E-state index contributed by atoms with van der Waals surface area (Å²) in [7, 11) is 0. The highest BCUT2D eigenvalue weighted by Gasteiger charge is 2.37. The van der Waals surface area contributed by atoms with Crippen molar-refractivity contribution in [3.05, 3.63) is 30.3 Å². The van der Waals surface area contributed by atoms with Crippen LogP contribution < -0.4 is 4.74 Å². The van der Waals surface area contributed by atoms with Gasteiger partial charge in [-0.15, -0.1) is 13.2 Å². The summed E-state index contributed by atoms with van der Waals surface area (Å²) in [5.41, 5.74) is 0. The lowest BCUT2D eigenvalue weighted by molar-refractivity contribution is -0.308. The molecule has 0 saturated heterocycles. The summed E-state index contributed by atoms with van der Waals surface area (Å²) in [5, 5.41) is 0. The van der Waals surface area contributed by atoms with Gasteiger partial charge >= 0.3 is 12.3 Å². The van der Waals surface area contributed by atoms with Gasteiger partial charge in [0.05, 0.1) is 0 Å². The first kappa shape index (κ1) is 13.3. The fraction of sp³-hybridized carbons (Fsp3) is 0.364. The van der Waals surface area contributed by atoms with E-state index in [0.29, 0.717) is 5.75 Å². The normalized spacial score (nSPS) is 12.9. The summed E-state index contributed by atoms with van der Waals surface area (Å²) < 4.78 is 43.9.